The van der Waals surface area contributed by atoms with Crippen molar-refractivity contribution in [3.05, 3.63) is 23.8 Å². The number of hydrogen-bond acceptors (Lipinski definition) is 3. The van der Waals surface area contributed by atoms with Crippen molar-refractivity contribution in [1.29, 1.82) is 0 Å². The van der Waals surface area contributed by atoms with Crippen LogP contribution < -0.4 is 4.74 Å². The molecule has 3 nitrogen and oxygen atoms in total. The zero-order valence-corrected chi connectivity index (χ0v) is 8.90. The van der Waals surface area contributed by atoms with Crippen LogP contribution in [0.15, 0.2) is 18.2 Å². The van der Waals surface area contributed by atoms with Crippen molar-refractivity contribution < 1.29 is 14.6 Å². The average molecular weight is 208 g/mol. The lowest BCUT2D eigenvalue weighted by molar-refractivity contribution is 0.0679. The first kappa shape index (κ1) is 10.3. The predicted octanol–water partition coefficient (Wildman–Crippen LogP) is 2.26. The van der Waals surface area contributed by atoms with E-state index in [1.807, 2.05) is 13.0 Å². The Balaban J connectivity index is 1.90. The van der Waals surface area contributed by atoms with Crippen molar-refractivity contribution in [3.63, 3.8) is 0 Å². The summed E-state index contributed by atoms with van der Waals surface area (Å²) in [7, 11) is 0. The van der Waals surface area contributed by atoms with Crippen molar-refractivity contribution in [2.45, 2.75) is 25.9 Å². The van der Waals surface area contributed by atoms with E-state index in [9.17, 15) is 5.11 Å². The molecule has 0 aromatic heterocycles. The minimum atomic E-state index is 0.235. The molecule has 1 fully saturated rings. The Morgan fingerprint density at radius 3 is 3.07 bits per heavy atom. The fraction of sp³-hybridized carbons (Fsp3) is 0.500. The van der Waals surface area contributed by atoms with Crippen LogP contribution in [-0.2, 0) is 4.74 Å². The van der Waals surface area contributed by atoms with Crippen molar-refractivity contribution in [1.82, 2.24) is 0 Å². The van der Waals surface area contributed by atoms with E-state index < -0.39 is 0 Å². The van der Waals surface area contributed by atoms with E-state index in [0.717, 1.165) is 30.8 Å². The third kappa shape index (κ3) is 2.63. The highest BCUT2D eigenvalue weighted by Gasteiger charge is 2.15. The average Bonchev–Trinajstić information content (AvgIpc) is 2.73. The number of rotatable bonds is 3. The fourth-order valence-electron chi connectivity index (χ4n) is 1.68. The zero-order valence-electron chi connectivity index (χ0n) is 8.90. The molecule has 15 heavy (non-hydrogen) atoms. The van der Waals surface area contributed by atoms with E-state index in [2.05, 4.69) is 0 Å². The number of aromatic hydroxyl groups is 1. The first-order valence-electron chi connectivity index (χ1n) is 5.30. The van der Waals surface area contributed by atoms with Gasteiger partial charge in [0.25, 0.3) is 0 Å². The van der Waals surface area contributed by atoms with Gasteiger partial charge in [0.1, 0.15) is 18.1 Å². The zero-order chi connectivity index (χ0) is 10.7. The molecule has 3 heteroatoms. The minimum absolute atomic E-state index is 0.235. The lowest BCUT2D eigenvalue weighted by Crippen LogP contribution is -2.16. The van der Waals surface area contributed by atoms with Crippen LogP contribution in [-0.4, -0.2) is 24.4 Å². The first-order valence-corrected chi connectivity index (χ1v) is 5.30. The van der Waals surface area contributed by atoms with Gasteiger partial charge >= 0.3 is 0 Å². The lowest BCUT2D eigenvalue weighted by Gasteiger charge is -2.12. The molecule has 0 amide bonds. The molecule has 1 saturated heterocycles. The van der Waals surface area contributed by atoms with E-state index in [1.54, 1.807) is 12.1 Å². The molecule has 1 aliphatic heterocycles. The second kappa shape index (κ2) is 4.53. The molecule has 1 atom stereocenters. The summed E-state index contributed by atoms with van der Waals surface area (Å²) in [6.07, 6.45) is 2.44. The van der Waals surface area contributed by atoms with Gasteiger partial charge in [-0.05, 0) is 43.5 Å². The maximum atomic E-state index is 9.34. The Labute approximate surface area is 89.6 Å². The maximum absolute atomic E-state index is 9.34. The number of ether oxygens (including phenoxy) is 2. The highest BCUT2D eigenvalue weighted by Crippen LogP contribution is 2.22. The Morgan fingerprint density at radius 2 is 2.40 bits per heavy atom. The van der Waals surface area contributed by atoms with Crippen LogP contribution in [0, 0.1) is 6.92 Å². The molecule has 0 saturated carbocycles. The quantitative estimate of drug-likeness (QED) is 0.828. The summed E-state index contributed by atoms with van der Waals surface area (Å²) in [5.74, 6) is 1.10. The molecular formula is C12H16O3. The predicted molar refractivity (Wildman–Crippen MR) is 57.3 cm³/mol. The number of phenols is 1. The summed E-state index contributed by atoms with van der Waals surface area (Å²) >= 11 is 0. The number of benzene rings is 1. The third-order valence-corrected chi connectivity index (χ3v) is 2.63. The molecule has 2 rings (SSSR count). The molecule has 1 heterocycles. The number of hydrogen-bond donors (Lipinski definition) is 1. The van der Waals surface area contributed by atoms with E-state index in [4.69, 9.17) is 9.47 Å². The Kier molecular flexibility index (Phi) is 3.11. The SMILES string of the molecule is Cc1cc(OCC2CCCO2)ccc1O. The highest BCUT2D eigenvalue weighted by molar-refractivity contribution is 5.38. The van der Waals surface area contributed by atoms with Crippen LogP contribution in [0.5, 0.6) is 11.5 Å². The Morgan fingerprint density at radius 1 is 1.53 bits per heavy atom. The van der Waals surface area contributed by atoms with Crippen LogP contribution in [0.2, 0.25) is 0 Å². The third-order valence-electron chi connectivity index (χ3n) is 2.63. The normalized spacial score (nSPS) is 20.5. The lowest BCUT2D eigenvalue weighted by atomic mass is 10.2. The highest BCUT2D eigenvalue weighted by atomic mass is 16.5. The van der Waals surface area contributed by atoms with Crippen LogP contribution in [0.3, 0.4) is 0 Å². The molecule has 0 spiro atoms. The smallest absolute Gasteiger partial charge is 0.119 e. The van der Waals surface area contributed by atoms with Gasteiger partial charge in [-0.25, -0.2) is 0 Å². The summed E-state index contributed by atoms with van der Waals surface area (Å²) in [6.45, 7) is 3.31. The molecular weight excluding hydrogens is 192 g/mol. The first-order chi connectivity index (χ1) is 7.25. The fourth-order valence-corrected chi connectivity index (χ4v) is 1.68. The van der Waals surface area contributed by atoms with Crippen molar-refractivity contribution in [2.75, 3.05) is 13.2 Å². The minimum Gasteiger partial charge on any atom is -0.508 e. The monoisotopic (exact) mass is 208 g/mol. The van der Waals surface area contributed by atoms with Gasteiger partial charge in [-0.3, -0.25) is 0 Å². The van der Waals surface area contributed by atoms with Gasteiger partial charge in [-0.15, -0.1) is 0 Å². The summed E-state index contributed by atoms with van der Waals surface area (Å²) in [5, 5.41) is 9.34. The molecule has 82 valence electrons. The molecule has 1 aromatic rings. The van der Waals surface area contributed by atoms with Gasteiger partial charge in [-0.1, -0.05) is 0 Å². The summed E-state index contributed by atoms with van der Waals surface area (Å²) in [6, 6.07) is 5.27. The second-order valence-electron chi connectivity index (χ2n) is 3.89. The Hall–Kier alpha value is -1.22. The van der Waals surface area contributed by atoms with Crippen LogP contribution in [0.1, 0.15) is 18.4 Å². The molecule has 0 radical (unpaired) electrons. The summed E-state index contributed by atoms with van der Waals surface area (Å²) < 4.78 is 11.0. The van der Waals surface area contributed by atoms with Gasteiger partial charge in [0.05, 0.1) is 6.10 Å². The Bertz CT molecular complexity index is 330. The van der Waals surface area contributed by atoms with Crippen molar-refractivity contribution in [2.24, 2.45) is 0 Å². The molecule has 1 N–H and O–H groups in total. The topological polar surface area (TPSA) is 38.7 Å². The van der Waals surface area contributed by atoms with Gasteiger partial charge in [0.2, 0.25) is 0 Å². The second-order valence-corrected chi connectivity index (χ2v) is 3.89. The van der Waals surface area contributed by atoms with E-state index in [-0.39, 0.29) is 6.10 Å². The van der Waals surface area contributed by atoms with Crippen LogP contribution in [0.25, 0.3) is 0 Å². The summed E-state index contributed by atoms with van der Waals surface area (Å²) in [4.78, 5) is 0. The largest absolute Gasteiger partial charge is 0.508 e. The van der Waals surface area contributed by atoms with E-state index >= 15 is 0 Å². The van der Waals surface area contributed by atoms with Gasteiger partial charge < -0.3 is 14.6 Å². The van der Waals surface area contributed by atoms with Crippen molar-refractivity contribution >= 4 is 0 Å². The van der Waals surface area contributed by atoms with Crippen LogP contribution in [0.4, 0.5) is 0 Å². The maximum Gasteiger partial charge on any atom is 0.119 e. The van der Waals surface area contributed by atoms with Gasteiger partial charge in [0, 0.05) is 6.61 Å². The standard InChI is InChI=1S/C12H16O3/c1-9-7-10(4-5-12(9)13)15-8-11-3-2-6-14-11/h4-5,7,11,13H,2-3,6,8H2,1H3. The summed E-state index contributed by atoms with van der Waals surface area (Å²) in [5.41, 5.74) is 0.833. The van der Waals surface area contributed by atoms with Crippen LogP contribution >= 0.6 is 0 Å². The molecule has 1 unspecified atom stereocenters. The van der Waals surface area contributed by atoms with Gasteiger partial charge in [0.15, 0.2) is 0 Å². The number of aryl methyl sites for hydroxylation is 1. The van der Waals surface area contributed by atoms with E-state index in [1.165, 1.54) is 0 Å². The number of phenolic OH excluding ortho intramolecular Hbond substituents is 1. The molecule has 1 aliphatic rings. The molecule has 0 bridgehead atoms. The van der Waals surface area contributed by atoms with E-state index in [0.29, 0.717) is 12.4 Å². The van der Waals surface area contributed by atoms with Gasteiger partial charge in [-0.2, -0.15) is 0 Å². The molecule has 0 aliphatic carbocycles. The molecule has 1 aromatic carbocycles. The van der Waals surface area contributed by atoms with Crippen molar-refractivity contribution in [3.8, 4) is 11.5 Å².